The Bertz CT molecular complexity index is 89.3. The van der Waals surface area contributed by atoms with Crippen LogP contribution in [0.1, 0.15) is 13.3 Å². The molecule has 0 saturated carbocycles. The van der Waals surface area contributed by atoms with Gasteiger partial charge in [0, 0.05) is 27.2 Å². The van der Waals surface area contributed by atoms with Gasteiger partial charge in [-0.05, 0) is 6.42 Å². The van der Waals surface area contributed by atoms with E-state index in [4.69, 9.17) is 0 Å². The van der Waals surface area contributed by atoms with Crippen LogP contribution in [0.25, 0.3) is 0 Å². The molecule has 0 aliphatic carbocycles. The van der Waals surface area contributed by atoms with Crippen molar-refractivity contribution < 1.29 is 0 Å². The van der Waals surface area contributed by atoms with Crippen LogP contribution in [-0.4, -0.2) is 37.2 Å². The van der Waals surface area contributed by atoms with Gasteiger partial charge in [0.15, 0.2) is 0 Å². The maximum atomic E-state index is 3.70. The summed E-state index contributed by atoms with van der Waals surface area (Å²) in [5.74, 6) is 0. The summed E-state index contributed by atoms with van der Waals surface area (Å²) in [7, 11) is 4.11. The lowest BCUT2D eigenvalue weighted by molar-refractivity contribution is 0.0386. The quantitative estimate of drug-likeness (QED) is 0.422. The molecule has 0 N–H and O–H groups in total. The Morgan fingerprint density at radius 2 is 2.00 bits per heavy atom. The number of hydrogen-bond acceptors (Lipinski definition) is 2. The van der Waals surface area contributed by atoms with Gasteiger partial charge >= 0.3 is 0 Å². The SMILES string of the molecule is C=CCN(CCC)N(C)C. The summed E-state index contributed by atoms with van der Waals surface area (Å²) in [6.45, 7) is 7.93. The topological polar surface area (TPSA) is 6.48 Å². The first-order valence-electron chi connectivity index (χ1n) is 3.75. The highest BCUT2D eigenvalue weighted by Crippen LogP contribution is 1.92. The molecule has 0 atom stereocenters. The molecule has 10 heavy (non-hydrogen) atoms. The van der Waals surface area contributed by atoms with Crippen molar-refractivity contribution in [3.8, 4) is 0 Å². The fourth-order valence-corrected chi connectivity index (χ4v) is 0.862. The third-order valence-electron chi connectivity index (χ3n) is 1.39. The Labute approximate surface area is 64.1 Å². The van der Waals surface area contributed by atoms with Gasteiger partial charge in [0.2, 0.25) is 0 Å². The molecule has 0 aliphatic rings. The highest BCUT2D eigenvalue weighted by Gasteiger charge is 2.01. The molecule has 0 bridgehead atoms. The summed E-state index contributed by atoms with van der Waals surface area (Å²) < 4.78 is 0. The van der Waals surface area contributed by atoms with E-state index in [9.17, 15) is 0 Å². The second kappa shape index (κ2) is 5.45. The Kier molecular flexibility index (Phi) is 5.26. The molecule has 0 aromatic carbocycles. The van der Waals surface area contributed by atoms with Crippen LogP contribution in [0.15, 0.2) is 12.7 Å². The summed E-state index contributed by atoms with van der Waals surface area (Å²) in [5, 5.41) is 4.35. The van der Waals surface area contributed by atoms with Gasteiger partial charge in [0.25, 0.3) is 0 Å². The molecule has 0 aromatic heterocycles. The molecule has 2 heteroatoms. The lowest BCUT2D eigenvalue weighted by atomic mass is 10.4. The van der Waals surface area contributed by atoms with Gasteiger partial charge in [0.05, 0.1) is 0 Å². The molecule has 60 valence electrons. The average molecular weight is 142 g/mol. The zero-order chi connectivity index (χ0) is 7.98. The van der Waals surface area contributed by atoms with Gasteiger partial charge in [-0.25, -0.2) is 10.0 Å². The van der Waals surface area contributed by atoms with Gasteiger partial charge in [-0.15, -0.1) is 6.58 Å². The van der Waals surface area contributed by atoms with E-state index < -0.39 is 0 Å². The fraction of sp³-hybridized carbons (Fsp3) is 0.750. The van der Waals surface area contributed by atoms with E-state index in [2.05, 4.69) is 37.6 Å². The van der Waals surface area contributed by atoms with Crippen LogP contribution in [0.3, 0.4) is 0 Å². The van der Waals surface area contributed by atoms with E-state index in [1.165, 1.54) is 6.42 Å². The first kappa shape index (κ1) is 9.66. The van der Waals surface area contributed by atoms with Gasteiger partial charge < -0.3 is 0 Å². The molecule has 0 aliphatic heterocycles. The Balaban J connectivity index is 3.60. The predicted molar refractivity (Wildman–Crippen MR) is 45.7 cm³/mol. The lowest BCUT2D eigenvalue weighted by Crippen LogP contribution is -2.37. The van der Waals surface area contributed by atoms with Gasteiger partial charge in [0.1, 0.15) is 0 Å². The number of hydrogen-bond donors (Lipinski definition) is 0. The van der Waals surface area contributed by atoms with Crippen molar-refractivity contribution in [1.29, 1.82) is 0 Å². The lowest BCUT2D eigenvalue weighted by Gasteiger charge is -2.26. The van der Waals surface area contributed by atoms with E-state index >= 15 is 0 Å². The minimum atomic E-state index is 0.945. The van der Waals surface area contributed by atoms with Crippen molar-refractivity contribution in [3.05, 3.63) is 12.7 Å². The standard InChI is InChI=1S/C8H18N2/c1-5-7-10(8-6-2)9(3)4/h5H,1,6-8H2,2-4H3. The molecule has 0 spiro atoms. The molecule has 0 saturated heterocycles. The summed E-state index contributed by atoms with van der Waals surface area (Å²) in [5.41, 5.74) is 0. The van der Waals surface area contributed by atoms with Crippen LogP contribution >= 0.6 is 0 Å². The van der Waals surface area contributed by atoms with E-state index in [-0.39, 0.29) is 0 Å². The first-order chi connectivity index (χ1) is 4.72. The van der Waals surface area contributed by atoms with Crippen molar-refractivity contribution in [1.82, 2.24) is 10.0 Å². The van der Waals surface area contributed by atoms with Crippen molar-refractivity contribution in [2.45, 2.75) is 13.3 Å². The summed E-state index contributed by atoms with van der Waals surface area (Å²) in [6, 6.07) is 0. The predicted octanol–water partition coefficient (Wildman–Crippen LogP) is 1.36. The van der Waals surface area contributed by atoms with Crippen LogP contribution in [0, 0.1) is 0 Å². The van der Waals surface area contributed by atoms with Crippen LogP contribution in [0.4, 0.5) is 0 Å². The summed E-state index contributed by atoms with van der Waals surface area (Å²) >= 11 is 0. The number of rotatable bonds is 5. The summed E-state index contributed by atoms with van der Waals surface area (Å²) in [6.07, 6.45) is 3.11. The van der Waals surface area contributed by atoms with Crippen LogP contribution in [0.2, 0.25) is 0 Å². The van der Waals surface area contributed by atoms with Gasteiger partial charge in [-0.1, -0.05) is 13.0 Å². The third-order valence-corrected chi connectivity index (χ3v) is 1.39. The van der Waals surface area contributed by atoms with Crippen LogP contribution < -0.4 is 0 Å². The minimum Gasteiger partial charge on any atom is -0.248 e. The van der Waals surface area contributed by atoms with E-state index in [1.54, 1.807) is 0 Å². The van der Waals surface area contributed by atoms with Gasteiger partial charge in [-0.3, -0.25) is 0 Å². The summed E-state index contributed by atoms with van der Waals surface area (Å²) in [4.78, 5) is 0. The van der Waals surface area contributed by atoms with Crippen molar-refractivity contribution >= 4 is 0 Å². The normalized spacial score (nSPS) is 10.9. The molecule has 0 amide bonds. The average Bonchev–Trinajstić information content (AvgIpc) is 1.87. The monoisotopic (exact) mass is 142 g/mol. The molecule has 0 aromatic rings. The fourth-order valence-electron chi connectivity index (χ4n) is 0.862. The Hall–Kier alpha value is -0.340. The smallest absolute Gasteiger partial charge is 0.0311 e. The number of hydrazine groups is 1. The van der Waals surface area contributed by atoms with E-state index in [1.807, 2.05) is 6.08 Å². The Morgan fingerprint density at radius 3 is 2.30 bits per heavy atom. The number of nitrogens with zero attached hydrogens (tertiary/aromatic N) is 2. The zero-order valence-electron chi connectivity index (χ0n) is 7.30. The molecule has 0 fully saturated rings. The Morgan fingerprint density at radius 1 is 1.40 bits per heavy atom. The molecule has 0 heterocycles. The minimum absolute atomic E-state index is 0.945. The zero-order valence-corrected chi connectivity index (χ0v) is 7.30. The van der Waals surface area contributed by atoms with Crippen molar-refractivity contribution in [3.63, 3.8) is 0 Å². The van der Waals surface area contributed by atoms with E-state index in [0.29, 0.717) is 0 Å². The van der Waals surface area contributed by atoms with Gasteiger partial charge in [-0.2, -0.15) is 0 Å². The molecule has 0 unspecified atom stereocenters. The maximum absolute atomic E-state index is 3.70. The molecular weight excluding hydrogens is 124 g/mol. The second-order valence-corrected chi connectivity index (χ2v) is 2.55. The highest BCUT2D eigenvalue weighted by molar-refractivity contribution is 4.70. The third kappa shape index (κ3) is 3.64. The first-order valence-corrected chi connectivity index (χ1v) is 3.75. The van der Waals surface area contributed by atoms with Crippen molar-refractivity contribution in [2.75, 3.05) is 27.2 Å². The molecule has 0 rings (SSSR count). The molecule has 2 nitrogen and oxygen atoms in total. The van der Waals surface area contributed by atoms with Crippen LogP contribution in [-0.2, 0) is 0 Å². The largest absolute Gasteiger partial charge is 0.248 e. The highest BCUT2D eigenvalue weighted by atomic mass is 15.6. The molecular formula is C8H18N2. The maximum Gasteiger partial charge on any atom is 0.0311 e. The molecule has 0 radical (unpaired) electrons. The second-order valence-electron chi connectivity index (χ2n) is 2.55. The van der Waals surface area contributed by atoms with Crippen molar-refractivity contribution in [2.24, 2.45) is 0 Å². The van der Waals surface area contributed by atoms with Crippen LogP contribution in [0.5, 0.6) is 0 Å². The van der Waals surface area contributed by atoms with E-state index in [0.717, 1.165) is 13.1 Å².